The summed E-state index contributed by atoms with van der Waals surface area (Å²) in [5, 5.41) is 0. The predicted octanol–water partition coefficient (Wildman–Crippen LogP) is 4.90. The molecule has 0 saturated carbocycles. The molecular weight excluding hydrogens is 324 g/mol. The van der Waals surface area contributed by atoms with Gasteiger partial charge in [-0.15, -0.1) is 0 Å². The average Bonchev–Trinajstić information content (AvgIpc) is 3.24. The fraction of sp³-hybridized carbons (Fsp3) is 0.227. The molecule has 0 N–H and O–H groups in total. The minimum absolute atomic E-state index is 0.0799. The van der Waals surface area contributed by atoms with Crippen LogP contribution < -0.4 is 9.80 Å². The molecule has 0 aliphatic carbocycles. The summed E-state index contributed by atoms with van der Waals surface area (Å²) in [5.74, 6) is 0.303. The minimum Gasteiger partial charge on any atom is -0.459 e. The standard InChI is InChI=1S/C22H22N2O2/c1-2-23(17-9-4-3-5-10-17)20-14-15-24(19-12-7-6-11-18(19)20)22(25)21-13-8-16-26-21/h3-13,16,20H,2,14-15H2,1H3. The first-order valence-electron chi connectivity index (χ1n) is 9.05. The van der Waals surface area contributed by atoms with E-state index in [2.05, 4.69) is 42.2 Å². The molecular formula is C22H22N2O2. The maximum absolute atomic E-state index is 12.9. The number of para-hydroxylation sites is 2. The Morgan fingerprint density at radius 2 is 1.85 bits per heavy atom. The Morgan fingerprint density at radius 3 is 2.58 bits per heavy atom. The smallest absolute Gasteiger partial charge is 0.293 e. The van der Waals surface area contributed by atoms with E-state index in [9.17, 15) is 4.79 Å². The quantitative estimate of drug-likeness (QED) is 0.674. The lowest BCUT2D eigenvalue weighted by atomic mass is 9.94. The molecule has 1 aliphatic rings. The molecule has 26 heavy (non-hydrogen) atoms. The Balaban J connectivity index is 1.71. The topological polar surface area (TPSA) is 36.7 Å². The zero-order chi connectivity index (χ0) is 17.9. The predicted molar refractivity (Wildman–Crippen MR) is 104 cm³/mol. The van der Waals surface area contributed by atoms with Gasteiger partial charge in [0, 0.05) is 24.5 Å². The highest BCUT2D eigenvalue weighted by Crippen LogP contribution is 2.39. The molecule has 1 amide bonds. The Hall–Kier alpha value is -3.01. The van der Waals surface area contributed by atoms with Crippen LogP contribution in [-0.2, 0) is 0 Å². The summed E-state index contributed by atoms with van der Waals surface area (Å²) < 4.78 is 5.33. The number of hydrogen-bond donors (Lipinski definition) is 0. The fourth-order valence-electron chi connectivity index (χ4n) is 3.81. The van der Waals surface area contributed by atoms with E-state index in [-0.39, 0.29) is 11.9 Å². The number of benzene rings is 2. The van der Waals surface area contributed by atoms with Crippen molar-refractivity contribution in [1.29, 1.82) is 0 Å². The van der Waals surface area contributed by atoms with Crippen molar-refractivity contribution in [2.45, 2.75) is 19.4 Å². The van der Waals surface area contributed by atoms with E-state index in [4.69, 9.17) is 4.42 Å². The summed E-state index contributed by atoms with van der Waals surface area (Å²) in [6.07, 6.45) is 2.42. The Morgan fingerprint density at radius 1 is 1.08 bits per heavy atom. The molecule has 0 saturated heterocycles. The van der Waals surface area contributed by atoms with Gasteiger partial charge >= 0.3 is 0 Å². The van der Waals surface area contributed by atoms with Gasteiger partial charge in [-0.05, 0) is 49.2 Å². The largest absolute Gasteiger partial charge is 0.459 e. The third-order valence-corrected chi connectivity index (χ3v) is 4.99. The molecule has 0 radical (unpaired) electrons. The molecule has 1 aromatic heterocycles. The molecule has 0 fully saturated rings. The van der Waals surface area contributed by atoms with Gasteiger partial charge in [0.2, 0.25) is 0 Å². The number of carbonyl (C=O) groups is 1. The van der Waals surface area contributed by atoms with E-state index >= 15 is 0 Å². The number of rotatable bonds is 4. The second kappa shape index (κ2) is 7.08. The van der Waals surface area contributed by atoms with E-state index in [1.807, 2.05) is 29.2 Å². The van der Waals surface area contributed by atoms with Gasteiger partial charge in [-0.2, -0.15) is 0 Å². The second-order valence-corrected chi connectivity index (χ2v) is 6.42. The van der Waals surface area contributed by atoms with Crippen molar-refractivity contribution >= 4 is 17.3 Å². The number of amides is 1. The molecule has 3 aromatic rings. The normalized spacial score (nSPS) is 16.2. The fourth-order valence-corrected chi connectivity index (χ4v) is 3.81. The number of nitrogens with zero attached hydrogens (tertiary/aromatic N) is 2. The molecule has 1 aliphatic heterocycles. The molecule has 1 unspecified atom stereocenters. The number of carbonyl (C=O) groups excluding carboxylic acids is 1. The van der Waals surface area contributed by atoms with Crippen LogP contribution in [0.3, 0.4) is 0 Å². The summed E-state index contributed by atoms with van der Waals surface area (Å²) in [6.45, 7) is 3.76. The summed E-state index contributed by atoms with van der Waals surface area (Å²) >= 11 is 0. The van der Waals surface area contributed by atoms with Gasteiger partial charge in [0.25, 0.3) is 5.91 Å². The van der Waals surface area contributed by atoms with Crippen LogP contribution in [0.4, 0.5) is 11.4 Å². The van der Waals surface area contributed by atoms with Gasteiger partial charge in [-0.25, -0.2) is 0 Å². The Bertz CT molecular complexity index is 874. The van der Waals surface area contributed by atoms with E-state index in [1.165, 1.54) is 11.3 Å². The zero-order valence-electron chi connectivity index (χ0n) is 14.8. The molecule has 0 bridgehead atoms. The first kappa shape index (κ1) is 16.5. The number of hydrogen-bond acceptors (Lipinski definition) is 3. The maximum atomic E-state index is 12.9. The van der Waals surface area contributed by atoms with Crippen molar-refractivity contribution in [1.82, 2.24) is 0 Å². The summed E-state index contributed by atoms with van der Waals surface area (Å²) in [4.78, 5) is 17.1. The second-order valence-electron chi connectivity index (χ2n) is 6.42. The Kier molecular flexibility index (Phi) is 4.48. The van der Waals surface area contributed by atoms with E-state index in [0.29, 0.717) is 12.3 Å². The zero-order valence-corrected chi connectivity index (χ0v) is 14.8. The number of fused-ring (bicyclic) bond motifs is 1. The first-order valence-corrected chi connectivity index (χ1v) is 9.05. The van der Waals surface area contributed by atoms with Gasteiger partial charge in [0.15, 0.2) is 5.76 Å². The van der Waals surface area contributed by atoms with Gasteiger partial charge in [0.05, 0.1) is 12.3 Å². The lowest BCUT2D eigenvalue weighted by Crippen LogP contribution is -2.41. The highest BCUT2D eigenvalue weighted by molar-refractivity contribution is 6.05. The van der Waals surface area contributed by atoms with Crippen LogP contribution in [0.1, 0.15) is 35.5 Å². The summed E-state index contributed by atoms with van der Waals surface area (Å²) in [5.41, 5.74) is 3.37. The van der Waals surface area contributed by atoms with E-state index in [0.717, 1.165) is 18.7 Å². The van der Waals surface area contributed by atoms with Gasteiger partial charge < -0.3 is 14.2 Å². The van der Waals surface area contributed by atoms with Crippen LogP contribution in [0.25, 0.3) is 0 Å². The number of furan rings is 1. The third-order valence-electron chi connectivity index (χ3n) is 4.99. The van der Waals surface area contributed by atoms with Crippen LogP contribution in [-0.4, -0.2) is 19.0 Å². The first-order chi connectivity index (χ1) is 12.8. The highest BCUT2D eigenvalue weighted by atomic mass is 16.3. The average molecular weight is 346 g/mol. The molecule has 2 heterocycles. The molecule has 1 atom stereocenters. The van der Waals surface area contributed by atoms with Crippen LogP contribution >= 0.6 is 0 Å². The molecule has 0 spiro atoms. The molecule has 2 aromatic carbocycles. The SMILES string of the molecule is CCN(c1ccccc1)C1CCN(C(=O)c2ccco2)c2ccccc21. The van der Waals surface area contributed by atoms with Crippen LogP contribution in [0.15, 0.2) is 77.4 Å². The van der Waals surface area contributed by atoms with Crippen LogP contribution in [0, 0.1) is 0 Å². The van der Waals surface area contributed by atoms with Gasteiger partial charge in [-0.3, -0.25) is 4.79 Å². The molecule has 4 heteroatoms. The van der Waals surface area contributed by atoms with Crippen molar-refractivity contribution in [2.24, 2.45) is 0 Å². The van der Waals surface area contributed by atoms with Gasteiger partial charge in [-0.1, -0.05) is 36.4 Å². The molecule has 4 nitrogen and oxygen atoms in total. The lowest BCUT2D eigenvalue weighted by Gasteiger charge is -2.40. The third kappa shape index (κ3) is 2.88. The van der Waals surface area contributed by atoms with Crippen LogP contribution in [0.5, 0.6) is 0 Å². The molecule has 4 rings (SSSR count). The van der Waals surface area contributed by atoms with E-state index in [1.54, 1.807) is 18.4 Å². The monoisotopic (exact) mass is 346 g/mol. The van der Waals surface area contributed by atoms with Crippen molar-refractivity contribution in [3.05, 3.63) is 84.3 Å². The van der Waals surface area contributed by atoms with Gasteiger partial charge in [0.1, 0.15) is 0 Å². The molecule has 132 valence electrons. The van der Waals surface area contributed by atoms with Crippen molar-refractivity contribution in [3.63, 3.8) is 0 Å². The van der Waals surface area contributed by atoms with E-state index < -0.39 is 0 Å². The van der Waals surface area contributed by atoms with Crippen molar-refractivity contribution in [2.75, 3.05) is 22.9 Å². The Labute approximate surface area is 153 Å². The minimum atomic E-state index is -0.0799. The number of anilines is 2. The highest BCUT2D eigenvalue weighted by Gasteiger charge is 2.32. The summed E-state index contributed by atoms with van der Waals surface area (Å²) in [6, 6.07) is 22.4. The lowest BCUT2D eigenvalue weighted by molar-refractivity contribution is 0.0957. The summed E-state index contributed by atoms with van der Waals surface area (Å²) in [7, 11) is 0. The maximum Gasteiger partial charge on any atom is 0.293 e. The van der Waals surface area contributed by atoms with Crippen LogP contribution in [0.2, 0.25) is 0 Å². The van der Waals surface area contributed by atoms with Crippen molar-refractivity contribution in [3.8, 4) is 0 Å². The van der Waals surface area contributed by atoms with Crippen molar-refractivity contribution < 1.29 is 9.21 Å².